The number of carbonyl (C=O) groups excluding carboxylic acids is 2. The van der Waals surface area contributed by atoms with Gasteiger partial charge in [-0.3, -0.25) is 0 Å². The first kappa shape index (κ1) is 16.5. The fourth-order valence-corrected chi connectivity index (χ4v) is 2.83. The molecule has 0 aliphatic carbocycles. The van der Waals surface area contributed by atoms with Crippen molar-refractivity contribution in [3.63, 3.8) is 0 Å². The van der Waals surface area contributed by atoms with Crippen molar-refractivity contribution < 1.29 is 27.5 Å². The van der Waals surface area contributed by atoms with E-state index in [0.29, 0.717) is 0 Å². The third-order valence-electron chi connectivity index (χ3n) is 2.75. The minimum Gasteiger partial charge on any atom is -0.465 e. The van der Waals surface area contributed by atoms with E-state index in [9.17, 15) is 18.0 Å². The summed E-state index contributed by atoms with van der Waals surface area (Å²) in [5.41, 5.74) is -0.185. The van der Waals surface area contributed by atoms with Gasteiger partial charge in [0.2, 0.25) is 0 Å². The molecule has 2 aromatic rings. The fourth-order valence-electron chi connectivity index (χ4n) is 1.76. The maximum Gasteiger partial charge on any atom is 0.426 e. The van der Waals surface area contributed by atoms with Crippen LogP contribution in [0.2, 0.25) is 0 Å². The van der Waals surface area contributed by atoms with E-state index in [2.05, 4.69) is 4.74 Å². The average molecular weight is 335 g/mol. The standard InChI is InChI=1S/C15H13NO6S/c1-21-14(17)12-9-5-6-10-13(12)23(19,20)16-15(18)22-11-7-3-2-4-8-11/h2-10H,1H3,(H,16,18). The third kappa shape index (κ3) is 4.07. The summed E-state index contributed by atoms with van der Waals surface area (Å²) >= 11 is 0. The molecule has 0 radical (unpaired) electrons. The van der Waals surface area contributed by atoms with E-state index in [1.807, 2.05) is 0 Å². The molecule has 0 saturated heterocycles. The first-order valence-corrected chi connectivity index (χ1v) is 7.89. The van der Waals surface area contributed by atoms with Gasteiger partial charge in [0.1, 0.15) is 10.6 Å². The van der Waals surface area contributed by atoms with Crippen molar-refractivity contribution in [1.29, 1.82) is 0 Å². The van der Waals surface area contributed by atoms with Gasteiger partial charge in [0.05, 0.1) is 12.7 Å². The Hall–Kier alpha value is -2.87. The zero-order valence-electron chi connectivity index (χ0n) is 12.1. The molecule has 0 heterocycles. The molecule has 0 saturated carbocycles. The number of nitrogens with one attached hydrogen (secondary N) is 1. The molecule has 7 nitrogen and oxygen atoms in total. The van der Waals surface area contributed by atoms with Crippen LogP contribution in [0.3, 0.4) is 0 Å². The van der Waals surface area contributed by atoms with E-state index in [1.54, 1.807) is 22.9 Å². The third-order valence-corrected chi connectivity index (χ3v) is 4.12. The number of sulfonamides is 1. The zero-order chi connectivity index (χ0) is 16.9. The van der Waals surface area contributed by atoms with Gasteiger partial charge >= 0.3 is 12.1 Å². The Bertz CT molecular complexity index is 817. The molecule has 2 rings (SSSR count). The molecule has 0 aliphatic heterocycles. The number of carbonyl (C=O) groups is 2. The molecule has 0 unspecified atom stereocenters. The molecule has 0 bridgehead atoms. The van der Waals surface area contributed by atoms with Gasteiger partial charge in [-0.2, -0.15) is 0 Å². The lowest BCUT2D eigenvalue weighted by atomic mass is 10.2. The van der Waals surface area contributed by atoms with Crippen molar-refractivity contribution in [2.75, 3.05) is 7.11 Å². The van der Waals surface area contributed by atoms with Crippen molar-refractivity contribution >= 4 is 22.1 Å². The Morgan fingerprint density at radius 2 is 1.57 bits per heavy atom. The molecule has 23 heavy (non-hydrogen) atoms. The molecule has 120 valence electrons. The molecule has 0 fully saturated rings. The van der Waals surface area contributed by atoms with E-state index < -0.39 is 22.1 Å². The number of rotatable bonds is 4. The van der Waals surface area contributed by atoms with E-state index in [1.165, 1.54) is 36.4 Å². The summed E-state index contributed by atoms with van der Waals surface area (Å²) < 4.78 is 35.6. The second-order valence-corrected chi connectivity index (χ2v) is 5.95. The molecule has 1 N–H and O–H groups in total. The predicted octanol–water partition coefficient (Wildman–Crippen LogP) is 1.95. The van der Waals surface area contributed by atoms with Gasteiger partial charge in [0, 0.05) is 0 Å². The highest BCUT2D eigenvalue weighted by Crippen LogP contribution is 2.17. The normalized spacial score (nSPS) is 10.7. The van der Waals surface area contributed by atoms with Gasteiger partial charge in [0.25, 0.3) is 10.0 Å². The summed E-state index contributed by atoms with van der Waals surface area (Å²) in [7, 11) is -3.16. The molecule has 0 aromatic heterocycles. The largest absolute Gasteiger partial charge is 0.465 e. The minimum atomic E-state index is -4.29. The summed E-state index contributed by atoms with van der Waals surface area (Å²) in [6.07, 6.45) is -1.18. The summed E-state index contributed by atoms with van der Waals surface area (Å²) in [5, 5.41) is 0. The van der Waals surface area contributed by atoms with Crippen LogP contribution in [0.1, 0.15) is 10.4 Å². The molecule has 8 heteroatoms. The van der Waals surface area contributed by atoms with Crippen LogP contribution in [0.4, 0.5) is 4.79 Å². The lowest BCUT2D eigenvalue weighted by molar-refractivity contribution is 0.0596. The predicted molar refractivity (Wildman–Crippen MR) is 80.6 cm³/mol. The Morgan fingerprint density at radius 3 is 2.22 bits per heavy atom. The number of methoxy groups -OCH3 is 1. The highest BCUT2D eigenvalue weighted by Gasteiger charge is 2.25. The number of hydrogen-bond donors (Lipinski definition) is 1. The SMILES string of the molecule is COC(=O)c1ccccc1S(=O)(=O)NC(=O)Oc1ccccc1. The molecule has 2 aromatic carbocycles. The topological polar surface area (TPSA) is 98.8 Å². The Labute approximate surface area is 132 Å². The molecule has 0 atom stereocenters. The van der Waals surface area contributed by atoms with Crippen molar-refractivity contribution in [1.82, 2.24) is 4.72 Å². The lowest BCUT2D eigenvalue weighted by Gasteiger charge is -2.10. The van der Waals surface area contributed by atoms with E-state index in [0.717, 1.165) is 7.11 Å². The van der Waals surface area contributed by atoms with Gasteiger partial charge in [-0.25, -0.2) is 22.7 Å². The first-order chi connectivity index (χ1) is 10.9. The molecular weight excluding hydrogens is 322 g/mol. The van der Waals surface area contributed by atoms with E-state index >= 15 is 0 Å². The summed E-state index contributed by atoms with van der Waals surface area (Å²) in [5.74, 6) is -0.649. The van der Waals surface area contributed by atoms with Gasteiger partial charge in [-0.1, -0.05) is 30.3 Å². The van der Waals surface area contributed by atoms with Gasteiger partial charge in [0.15, 0.2) is 0 Å². The van der Waals surface area contributed by atoms with E-state index in [4.69, 9.17) is 4.74 Å². The van der Waals surface area contributed by atoms with E-state index in [-0.39, 0.29) is 16.2 Å². The summed E-state index contributed by atoms with van der Waals surface area (Å²) in [6, 6.07) is 13.3. The smallest absolute Gasteiger partial charge is 0.426 e. The van der Waals surface area contributed by atoms with Crippen molar-refractivity contribution in [3.8, 4) is 5.75 Å². The second-order valence-electron chi connectivity index (χ2n) is 4.30. The molecule has 0 aliphatic rings. The molecular formula is C15H13NO6S. The first-order valence-electron chi connectivity index (χ1n) is 6.41. The summed E-state index contributed by atoms with van der Waals surface area (Å²) in [4.78, 5) is 23.0. The van der Waals surface area contributed by atoms with Crippen LogP contribution in [0.15, 0.2) is 59.5 Å². The Morgan fingerprint density at radius 1 is 0.957 bits per heavy atom. The minimum absolute atomic E-state index is 0.182. The number of ether oxygens (including phenoxy) is 2. The Balaban J connectivity index is 2.23. The van der Waals surface area contributed by atoms with Gasteiger partial charge in [-0.15, -0.1) is 0 Å². The fraction of sp³-hybridized carbons (Fsp3) is 0.0667. The van der Waals surface area contributed by atoms with Crippen LogP contribution in [0.5, 0.6) is 5.75 Å². The lowest BCUT2D eigenvalue weighted by Crippen LogP contribution is -2.34. The van der Waals surface area contributed by atoms with Crippen LogP contribution in [0, 0.1) is 0 Å². The summed E-state index contributed by atoms with van der Waals surface area (Å²) in [6.45, 7) is 0. The maximum atomic E-state index is 12.3. The number of hydrogen-bond acceptors (Lipinski definition) is 6. The van der Waals surface area contributed by atoms with Gasteiger partial charge < -0.3 is 9.47 Å². The second kappa shape index (κ2) is 6.93. The maximum absolute atomic E-state index is 12.3. The van der Waals surface area contributed by atoms with Crippen LogP contribution < -0.4 is 9.46 Å². The van der Waals surface area contributed by atoms with Crippen LogP contribution >= 0.6 is 0 Å². The van der Waals surface area contributed by atoms with Crippen molar-refractivity contribution in [2.24, 2.45) is 0 Å². The highest BCUT2D eigenvalue weighted by atomic mass is 32.2. The number of benzene rings is 2. The number of amides is 1. The number of esters is 1. The van der Waals surface area contributed by atoms with Crippen LogP contribution in [-0.2, 0) is 14.8 Å². The van der Waals surface area contributed by atoms with Crippen LogP contribution in [0.25, 0.3) is 0 Å². The average Bonchev–Trinajstić information content (AvgIpc) is 2.54. The quantitative estimate of drug-likeness (QED) is 0.858. The Kier molecular flexibility index (Phi) is 4.97. The van der Waals surface area contributed by atoms with Crippen molar-refractivity contribution in [2.45, 2.75) is 4.90 Å². The zero-order valence-corrected chi connectivity index (χ0v) is 12.9. The van der Waals surface area contributed by atoms with Crippen molar-refractivity contribution in [3.05, 3.63) is 60.2 Å². The van der Waals surface area contributed by atoms with Crippen LogP contribution in [-0.4, -0.2) is 27.6 Å². The number of para-hydroxylation sites is 1. The van der Waals surface area contributed by atoms with Gasteiger partial charge in [-0.05, 0) is 24.3 Å². The highest BCUT2D eigenvalue weighted by molar-refractivity contribution is 7.90. The molecule has 0 spiro atoms. The molecule has 1 amide bonds. The monoisotopic (exact) mass is 335 g/mol.